The summed E-state index contributed by atoms with van der Waals surface area (Å²) in [6.45, 7) is -0.249. The first-order valence-electron chi connectivity index (χ1n) is 7.12. The molecular weight excluding hydrogens is 436 g/mol. The van der Waals surface area contributed by atoms with Gasteiger partial charge < -0.3 is 5.32 Å². The third-order valence-corrected chi connectivity index (χ3v) is 6.45. The standard InChI is InChI=1S/C14H18Br2N2O3S/c15-10-6-7-13(12(16)8-10)22(20,21)17-9-14(19)18-11-4-2-1-3-5-11/h6-8,11,17H,1-5,9H2,(H,18,19). The second kappa shape index (κ2) is 7.90. The highest BCUT2D eigenvalue weighted by atomic mass is 79.9. The van der Waals surface area contributed by atoms with Crippen LogP contribution in [0.2, 0.25) is 0 Å². The number of hydrogen-bond donors (Lipinski definition) is 2. The number of sulfonamides is 1. The maximum absolute atomic E-state index is 12.2. The average Bonchev–Trinajstić information content (AvgIpc) is 2.46. The number of amides is 1. The monoisotopic (exact) mass is 452 g/mol. The van der Waals surface area contributed by atoms with Crippen LogP contribution in [0.25, 0.3) is 0 Å². The van der Waals surface area contributed by atoms with Gasteiger partial charge in [0.2, 0.25) is 15.9 Å². The van der Waals surface area contributed by atoms with Crippen LogP contribution >= 0.6 is 31.9 Å². The van der Waals surface area contributed by atoms with E-state index >= 15 is 0 Å². The van der Waals surface area contributed by atoms with E-state index in [1.54, 1.807) is 12.1 Å². The highest BCUT2D eigenvalue weighted by molar-refractivity contribution is 9.11. The fraction of sp³-hybridized carbons (Fsp3) is 0.500. The molecule has 1 amide bonds. The number of halogens is 2. The Morgan fingerprint density at radius 2 is 1.86 bits per heavy atom. The van der Waals surface area contributed by atoms with Gasteiger partial charge in [0.05, 0.1) is 11.4 Å². The predicted molar refractivity (Wildman–Crippen MR) is 92.0 cm³/mol. The molecule has 5 nitrogen and oxygen atoms in total. The highest BCUT2D eigenvalue weighted by Crippen LogP contribution is 2.25. The van der Waals surface area contributed by atoms with Gasteiger partial charge in [-0.05, 0) is 47.0 Å². The second-order valence-electron chi connectivity index (χ2n) is 5.30. The third-order valence-electron chi connectivity index (χ3n) is 3.58. The third kappa shape index (κ3) is 5.04. The zero-order valence-corrected chi connectivity index (χ0v) is 15.9. The number of carbonyl (C=O) groups is 1. The van der Waals surface area contributed by atoms with Crippen molar-refractivity contribution < 1.29 is 13.2 Å². The Morgan fingerprint density at radius 1 is 1.18 bits per heavy atom. The highest BCUT2D eigenvalue weighted by Gasteiger charge is 2.20. The molecular formula is C14H18Br2N2O3S. The first kappa shape index (κ1) is 17.9. The number of rotatable bonds is 5. The topological polar surface area (TPSA) is 75.3 Å². The Hall–Kier alpha value is -0.440. The molecule has 0 radical (unpaired) electrons. The summed E-state index contributed by atoms with van der Waals surface area (Å²) < 4.78 is 28.0. The summed E-state index contributed by atoms with van der Waals surface area (Å²) in [6.07, 6.45) is 5.37. The van der Waals surface area contributed by atoms with Gasteiger partial charge in [0.1, 0.15) is 0 Å². The van der Waals surface area contributed by atoms with Gasteiger partial charge in [-0.25, -0.2) is 13.1 Å². The Morgan fingerprint density at radius 3 is 2.50 bits per heavy atom. The molecule has 0 spiro atoms. The van der Waals surface area contributed by atoms with Crippen LogP contribution in [0.15, 0.2) is 32.0 Å². The lowest BCUT2D eigenvalue weighted by molar-refractivity contribution is -0.120. The largest absolute Gasteiger partial charge is 0.352 e. The van der Waals surface area contributed by atoms with Crippen molar-refractivity contribution in [2.75, 3.05) is 6.54 Å². The van der Waals surface area contributed by atoms with Gasteiger partial charge in [0, 0.05) is 15.0 Å². The molecule has 0 aliphatic heterocycles. The van der Waals surface area contributed by atoms with E-state index in [1.165, 1.54) is 12.5 Å². The Balaban J connectivity index is 1.93. The lowest BCUT2D eigenvalue weighted by Crippen LogP contribution is -2.42. The lowest BCUT2D eigenvalue weighted by Gasteiger charge is -2.22. The van der Waals surface area contributed by atoms with E-state index < -0.39 is 10.0 Å². The summed E-state index contributed by atoms with van der Waals surface area (Å²) in [6, 6.07) is 4.94. The minimum atomic E-state index is -3.72. The van der Waals surface area contributed by atoms with E-state index in [0.29, 0.717) is 4.47 Å². The van der Waals surface area contributed by atoms with Gasteiger partial charge in [0.15, 0.2) is 0 Å². The summed E-state index contributed by atoms with van der Waals surface area (Å²) in [5, 5.41) is 2.88. The van der Waals surface area contributed by atoms with Crippen LogP contribution in [-0.2, 0) is 14.8 Å². The Bertz CT molecular complexity index is 643. The van der Waals surface area contributed by atoms with Crippen molar-refractivity contribution in [1.29, 1.82) is 0 Å². The van der Waals surface area contributed by atoms with Crippen LogP contribution in [-0.4, -0.2) is 26.9 Å². The zero-order chi connectivity index (χ0) is 16.2. The average molecular weight is 454 g/mol. The number of benzene rings is 1. The molecule has 1 aromatic carbocycles. The van der Waals surface area contributed by atoms with Crippen LogP contribution < -0.4 is 10.0 Å². The van der Waals surface area contributed by atoms with Crippen molar-refractivity contribution in [3.05, 3.63) is 27.1 Å². The van der Waals surface area contributed by atoms with Gasteiger partial charge in [-0.15, -0.1) is 0 Å². The molecule has 0 heterocycles. The summed E-state index contributed by atoms with van der Waals surface area (Å²) in [5.74, 6) is -0.288. The molecule has 8 heteroatoms. The molecule has 22 heavy (non-hydrogen) atoms. The molecule has 2 rings (SSSR count). The van der Waals surface area contributed by atoms with E-state index in [9.17, 15) is 13.2 Å². The maximum Gasteiger partial charge on any atom is 0.242 e. The first-order valence-corrected chi connectivity index (χ1v) is 10.2. The van der Waals surface area contributed by atoms with E-state index in [-0.39, 0.29) is 23.4 Å². The molecule has 122 valence electrons. The van der Waals surface area contributed by atoms with E-state index in [0.717, 1.165) is 30.2 Å². The van der Waals surface area contributed by atoms with Crippen molar-refractivity contribution in [2.24, 2.45) is 0 Å². The molecule has 1 aromatic rings. The van der Waals surface area contributed by atoms with Crippen LogP contribution in [0.5, 0.6) is 0 Å². The van der Waals surface area contributed by atoms with Crippen LogP contribution in [0.1, 0.15) is 32.1 Å². The van der Waals surface area contributed by atoms with Crippen LogP contribution in [0.4, 0.5) is 0 Å². The van der Waals surface area contributed by atoms with E-state index in [1.807, 2.05) is 0 Å². The van der Waals surface area contributed by atoms with Gasteiger partial charge in [-0.1, -0.05) is 35.2 Å². The maximum atomic E-state index is 12.2. The minimum Gasteiger partial charge on any atom is -0.352 e. The van der Waals surface area contributed by atoms with Gasteiger partial charge in [0.25, 0.3) is 0 Å². The van der Waals surface area contributed by atoms with Crippen LogP contribution in [0, 0.1) is 0 Å². The van der Waals surface area contributed by atoms with Gasteiger partial charge in [-0.3, -0.25) is 4.79 Å². The predicted octanol–water partition coefficient (Wildman–Crippen LogP) is 2.94. The summed E-state index contributed by atoms with van der Waals surface area (Å²) >= 11 is 6.49. The van der Waals surface area contributed by atoms with Crippen molar-refractivity contribution in [2.45, 2.75) is 43.0 Å². The fourth-order valence-corrected chi connectivity index (χ4v) is 5.18. The molecule has 1 aliphatic rings. The van der Waals surface area contributed by atoms with E-state index in [2.05, 4.69) is 41.9 Å². The smallest absolute Gasteiger partial charge is 0.242 e. The van der Waals surface area contributed by atoms with Crippen molar-refractivity contribution in [1.82, 2.24) is 10.0 Å². The Kier molecular flexibility index (Phi) is 6.43. The quantitative estimate of drug-likeness (QED) is 0.719. The molecule has 0 saturated heterocycles. The van der Waals surface area contributed by atoms with Crippen molar-refractivity contribution in [3.63, 3.8) is 0 Å². The van der Waals surface area contributed by atoms with Crippen LogP contribution in [0.3, 0.4) is 0 Å². The zero-order valence-electron chi connectivity index (χ0n) is 11.9. The number of carbonyl (C=O) groups excluding carboxylic acids is 1. The van der Waals surface area contributed by atoms with Crippen molar-refractivity contribution >= 4 is 47.8 Å². The molecule has 1 aliphatic carbocycles. The first-order chi connectivity index (χ1) is 10.4. The summed E-state index contributed by atoms with van der Waals surface area (Å²) in [7, 11) is -3.72. The Labute approximate surface area is 147 Å². The molecule has 1 saturated carbocycles. The SMILES string of the molecule is O=C(CNS(=O)(=O)c1ccc(Br)cc1Br)NC1CCCCC1. The van der Waals surface area contributed by atoms with E-state index in [4.69, 9.17) is 0 Å². The molecule has 0 atom stereocenters. The summed E-state index contributed by atoms with van der Waals surface area (Å²) in [4.78, 5) is 12.0. The molecule has 1 fully saturated rings. The number of hydrogen-bond acceptors (Lipinski definition) is 3. The molecule has 0 aromatic heterocycles. The normalized spacial score (nSPS) is 16.5. The van der Waals surface area contributed by atoms with Crippen molar-refractivity contribution in [3.8, 4) is 0 Å². The van der Waals surface area contributed by atoms with Gasteiger partial charge in [-0.2, -0.15) is 0 Å². The molecule has 2 N–H and O–H groups in total. The second-order valence-corrected chi connectivity index (χ2v) is 8.81. The fourth-order valence-electron chi connectivity index (χ4n) is 2.46. The van der Waals surface area contributed by atoms with Gasteiger partial charge >= 0.3 is 0 Å². The molecule has 0 unspecified atom stereocenters. The molecule has 0 bridgehead atoms. The number of nitrogens with one attached hydrogen (secondary N) is 2. The lowest BCUT2D eigenvalue weighted by atomic mass is 9.95. The minimum absolute atomic E-state index is 0.112. The summed E-state index contributed by atoms with van der Waals surface area (Å²) in [5.41, 5.74) is 0.